The van der Waals surface area contributed by atoms with Crippen LogP contribution in [0.4, 0.5) is 4.39 Å². The van der Waals surface area contributed by atoms with E-state index < -0.39 is 11.9 Å². The highest BCUT2D eigenvalue weighted by atomic mass is 19.1. The molecule has 4 rings (SSSR count). The van der Waals surface area contributed by atoms with Gasteiger partial charge in [-0.2, -0.15) is 0 Å². The van der Waals surface area contributed by atoms with Gasteiger partial charge in [0.1, 0.15) is 17.7 Å². The molecule has 2 heterocycles. The molecule has 1 amide bonds. The second-order valence-electron chi connectivity index (χ2n) is 7.46. The van der Waals surface area contributed by atoms with E-state index >= 15 is 0 Å². The Bertz CT molecular complexity index is 1000. The average molecular weight is 381 g/mol. The number of aromatic amines is 1. The molecular formula is C22H24FN3O2. The molecule has 5 nitrogen and oxygen atoms in total. The number of rotatable bonds is 3. The summed E-state index contributed by atoms with van der Waals surface area (Å²) >= 11 is 0. The minimum absolute atomic E-state index is 0.110. The summed E-state index contributed by atoms with van der Waals surface area (Å²) in [5, 5.41) is 9.70. The molecule has 0 spiro atoms. The molecular weight excluding hydrogens is 357 g/mol. The number of fused-ring (bicyclic) bond motifs is 1. The van der Waals surface area contributed by atoms with Crippen LogP contribution in [0, 0.1) is 5.82 Å². The zero-order valence-corrected chi connectivity index (χ0v) is 15.9. The zero-order chi connectivity index (χ0) is 19.7. The number of aliphatic hydroxyl groups excluding tert-OH is 1. The molecule has 2 aromatic carbocycles. The molecule has 3 aromatic rings. The molecule has 146 valence electrons. The van der Waals surface area contributed by atoms with Gasteiger partial charge in [0.25, 0.3) is 5.91 Å². The van der Waals surface area contributed by atoms with Crippen molar-refractivity contribution in [3.05, 3.63) is 53.6 Å². The number of aliphatic hydroxyl groups is 1. The molecule has 1 aliphatic rings. The Morgan fingerprint density at radius 1 is 1.11 bits per heavy atom. The summed E-state index contributed by atoms with van der Waals surface area (Å²) in [5.41, 5.74) is 3.31. The Morgan fingerprint density at radius 2 is 1.86 bits per heavy atom. The van der Waals surface area contributed by atoms with E-state index in [4.69, 9.17) is 0 Å². The number of nitrogens with one attached hydrogen (secondary N) is 1. The number of benzene rings is 2. The maximum atomic E-state index is 14.3. The van der Waals surface area contributed by atoms with Gasteiger partial charge in [-0.3, -0.25) is 4.79 Å². The quantitative estimate of drug-likeness (QED) is 0.705. The fourth-order valence-electron chi connectivity index (χ4n) is 3.74. The van der Waals surface area contributed by atoms with Crippen molar-refractivity contribution < 1.29 is 14.3 Å². The van der Waals surface area contributed by atoms with E-state index in [9.17, 15) is 14.3 Å². The van der Waals surface area contributed by atoms with E-state index in [1.807, 2.05) is 23.1 Å². The van der Waals surface area contributed by atoms with Crippen molar-refractivity contribution in [1.82, 2.24) is 14.9 Å². The zero-order valence-electron chi connectivity index (χ0n) is 15.9. The standard InChI is InChI=1S/C22H24FN3O2/c1-14(27)21-24-19-7-6-15(13-20(19)25-21)16-10-17(12-18(23)11-16)22(28)26-8-4-2-3-5-9-26/h6-7,10-14,27H,2-5,8-9H2,1H3,(H,24,25). The number of aromatic nitrogens is 2. The SMILES string of the molecule is CC(O)c1nc2ccc(-c3cc(F)cc(C(=O)N4CCCCCC4)c3)cc2[nH]1. The van der Waals surface area contributed by atoms with Gasteiger partial charge in [-0.15, -0.1) is 0 Å². The van der Waals surface area contributed by atoms with Crippen LogP contribution in [0.2, 0.25) is 0 Å². The van der Waals surface area contributed by atoms with E-state index in [-0.39, 0.29) is 5.91 Å². The number of halogens is 1. The minimum Gasteiger partial charge on any atom is -0.385 e. The first-order valence-electron chi connectivity index (χ1n) is 9.79. The normalized spacial score (nSPS) is 16.2. The Hall–Kier alpha value is -2.73. The second kappa shape index (κ2) is 7.72. The number of amides is 1. The third kappa shape index (κ3) is 3.78. The van der Waals surface area contributed by atoms with Crippen LogP contribution in [0.25, 0.3) is 22.2 Å². The summed E-state index contributed by atoms with van der Waals surface area (Å²) in [6.45, 7) is 3.10. The lowest BCUT2D eigenvalue weighted by molar-refractivity contribution is 0.0761. The van der Waals surface area contributed by atoms with Crippen LogP contribution in [0.15, 0.2) is 36.4 Å². The predicted octanol–water partition coefficient (Wildman–Crippen LogP) is 4.44. The third-order valence-corrected chi connectivity index (χ3v) is 5.27. The molecule has 1 atom stereocenters. The van der Waals surface area contributed by atoms with Crippen molar-refractivity contribution in [2.24, 2.45) is 0 Å². The highest BCUT2D eigenvalue weighted by Gasteiger charge is 2.19. The molecule has 0 saturated carbocycles. The number of hydrogen-bond donors (Lipinski definition) is 2. The van der Waals surface area contributed by atoms with Gasteiger partial charge in [0.2, 0.25) is 0 Å². The highest BCUT2D eigenvalue weighted by Crippen LogP contribution is 2.27. The lowest BCUT2D eigenvalue weighted by Crippen LogP contribution is -2.31. The average Bonchev–Trinajstić information content (AvgIpc) is 2.93. The van der Waals surface area contributed by atoms with Crippen LogP contribution in [0.5, 0.6) is 0 Å². The number of nitrogens with zero attached hydrogens (tertiary/aromatic N) is 2. The van der Waals surface area contributed by atoms with Crippen LogP contribution in [0.1, 0.15) is 54.9 Å². The number of likely N-dealkylation sites (tertiary alicyclic amines) is 1. The highest BCUT2D eigenvalue weighted by molar-refractivity contribution is 5.96. The van der Waals surface area contributed by atoms with Crippen molar-refractivity contribution in [2.45, 2.75) is 38.7 Å². The molecule has 1 fully saturated rings. The van der Waals surface area contributed by atoms with E-state index in [1.165, 1.54) is 12.1 Å². The lowest BCUT2D eigenvalue weighted by atomic mass is 10.0. The molecule has 28 heavy (non-hydrogen) atoms. The summed E-state index contributed by atoms with van der Waals surface area (Å²) in [6, 6.07) is 10.0. The van der Waals surface area contributed by atoms with Gasteiger partial charge < -0.3 is 15.0 Å². The van der Waals surface area contributed by atoms with Gasteiger partial charge in [-0.25, -0.2) is 9.37 Å². The first-order chi connectivity index (χ1) is 13.5. The monoisotopic (exact) mass is 381 g/mol. The molecule has 1 aliphatic heterocycles. The van der Waals surface area contributed by atoms with Gasteiger partial charge >= 0.3 is 0 Å². The van der Waals surface area contributed by atoms with Crippen LogP contribution in [0.3, 0.4) is 0 Å². The second-order valence-corrected chi connectivity index (χ2v) is 7.46. The molecule has 1 aromatic heterocycles. The summed E-state index contributed by atoms with van der Waals surface area (Å²) < 4.78 is 14.3. The van der Waals surface area contributed by atoms with E-state index in [2.05, 4.69) is 9.97 Å². The molecule has 6 heteroatoms. The number of carbonyl (C=O) groups excluding carboxylic acids is 1. The van der Waals surface area contributed by atoms with Crippen LogP contribution >= 0.6 is 0 Å². The summed E-state index contributed by atoms with van der Waals surface area (Å²) in [5.74, 6) is -0.0462. The summed E-state index contributed by atoms with van der Waals surface area (Å²) in [4.78, 5) is 22.2. The molecule has 2 N–H and O–H groups in total. The fourth-order valence-corrected chi connectivity index (χ4v) is 3.74. The predicted molar refractivity (Wildman–Crippen MR) is 106 cm³/mol. The fraction of sp³-hybridized carbons (Fsp3) is 0.364. The van der Waals surface area contributed by atoms with E-state index in [0.717, 1.165) is 55.4 Å². The van der Waals surface area contributed by atoms with Gasteiger partial charge in [0.15, 0.2) is 0 Å². The van der Waals surface area contributed by atoms with Gasteiger partial charge in [0.05, 0.1) is 11.0 Å². The molecule has 1 saturated heterocycles. The van der Waals surface area contributed by atoms with Crippen LogP contribution in [-0.2, 0) is 0 Å². The molecule has 0 radical (unpaired) electrons. The van der Waals surface area contributed by atoms with Crippen molar-refractivity contribution in [1.29, 1.82) is 0 Å². The number of H-pyrrole nitrogens is 1. The Labute approximate surface area is 163 Å². The minimum atomic E-state index is -0.692. The third-order valence-electron chi connectivity index (χ3n) is 5.27. The molecule has 1 unspecified atom stereocenters. The van der Waals surface area contributed by atoms with Crippen molar-refractivity contribution in [3.63, 3.8) is 0 Å². The van der Waals surface area contributed by atoms with Gasteiger partial charge in [-0.1, -0.05) is 18.9 Å². The van der Waals surface area contributed by atoms with Gasteiger partial charge in [-0.05, 0) is 61.2 Å². The topological polar surface area (TPSA) is 69.2 Å². The Balaban J connectivity index is 1.68. The van der Waals surface area contributed by atoms with E-state index in [1.54, 1.807) is 13.0 Å². The largest absolute Gasteiger partial charge is 0.385 e. The first kappa shape index (κ1) is 18.6. The van der Waals surface area contributed by atoms with Crippen LogP contribution < -0.4 is 0 Å². The van der Waals surface area contributed by atoms with Crippen molar-refractivity contribution in [3.8, 4) is 11.1 Å². The van der Waals surface area contributed by atoms with Crippen molar-refractivity contribution in [2.75, 3.05) is 13.1 Å². The maximum Gasteiger partial charge on any atom is 0.253 e. The molecule has 0 bridgehead atoms. The smallest absolute Gasteiger partial charge is 0.253 e. The lowest BCUT2D eigenvalue weighted by Gasteiger charge is -2.20. The number of hydrogen-bond acceptors (Lipinski definition) is 3. The molecule has 0 aliphatic carbocycles. The van der Waals surface area contributed by atoms with Crippen LogP contribution in [-0.4, -0.2) is 39.0 Å². The number of carbonyl (C=O) groups is 1. The van der Waals surface area contributed by atoms with E-state index in [0.29, 0.717) is 17.0 Å². The first-order valence-corrected chi connectivity index (χ1v) is 9.79. The Kier molecular flexibility index (Phi) is 5.13. The summed E-state index contributed by atoms with van der Waals surface area (Å²) in [7, 11) is 0. The summed E-state index contributed by atoms with van der Waals surface area (Å²) in [6.07, 6.45) is 3.57. The van der Waals surface area contributed by atoms with Gasteiger partial charge in [0, 0.05) is 18.7 Å². The Morgan fingerprint density at radius 3 is 2.57 bits per heavy atom. The maximum absolute atomic E-state index is 14.3. The number of imidazole rings is 1. The van der Waals surface area contributed by atoms with Crippen molar-refractivity contribution >= 4 is 16.9 Å².